The summed E-state index contributed by atoms with van der Waals surface area (Å²) in [6, 6.07) is 6.20. The van der Waals surface area contributed by atoms with E-state index in [1.54, 1.807) is 24.5 Å². The Hall–Kier alpha value is -2.52. The number of aromatic nitrogens is 4. The molecule has 0 aliphatic rings. The average molecular weight is 274 g/mol. The van der Waals surface area contributed by atoms with Gasteiger partial charge in [-0.05, 0) is 12.1 Å². The van der Waals surface area contributed by atoms with E-state index in [4.69, 9.17) is 16.9 Å². The van der Waals surface area contributed by atoms with Crippen molar-refractivity contribution in [2.45, 2.75) is 0 Å². The van der Waals surface area contributed by atoms with E-state index < -0.39 is 5.95 Å². The van der Waals surface area contributed by atoms with Gasteiger partial charge in [-0.2, -0.15) is 19.7 Å². The minimum Gasteiger partial charge on any atom is -0.244 e. The molecule has 3 aromatic heterocycles. The highest BCUT2D eigenvalue weighted by Crippen LogP contribution is 2.19. The summed E-state index contributed by atoms with van der Waals surface area (Å²) in [6.07, 6.45) is 3.15. The largest absolute Gasteiger partial charge is 0.244 e. The molecule has 5 nitrogen and oxygen atoms in total. The molecule has 0 N–H and O–H groups in total. The number of pyridine rings is 2. The molecule has 92 valence electrons. The lowest BCUT2D eigenvalue weighted by molar-refractivity contribution is 0.574. The lowest BCUT2D eigenvalue weighted by atomic mass is 10.3. The van der Waals surface area contributed by atoms with E-state index in [0.29, 0.717) is 10.7 Å². The molecule has 3 rings (SSSR count). The maximum atomic E-state index is 13.5. The van der Waals surface area contributed by atoms with E-state index in [-0.39, 0.29) is 11.4 Å². The van der Waals surface area contributed by atoms with Crippen molar-refractivity contribution in [3.63, 3.8) is 0 Å². The summed E-state index contributed by atoms with van der Waals surface area (Å²) in [7, 11) is 0. The molecule has 0 saturated carbocycles. The molecular formula is C12H5ClFN5. The summed E-state index contributed by atoms with van der Waals surface area (Å²) < 4.78 is 14.9. The highest BCUT2D eigenvalue weighted by molar-refractivity contribution is 6.30. The van der Waals surface area contributed by atoms with Crippen LogP contribution in [0.15, 0.2) is 30.6 Å². The number of nitriles is 1. The van der Waals surface area contributed by atoms with Gasteiger partial charge in [-0.3, -0.25) is 0 Å². The predicted octanol–water partition coefficient (Wildman–Crippen LogP) is 2.48. The van der Waals surface area contributed by atoms with E-state index in [1.165, 1.54) is 16.8 Å². The normalized spacial score (nSPS) is 10.6. The van der Waals surface area contributed by atoms with Crippen LogP contribution in [0.3, 0.4) is 0 Å². The molecule has 7 heteroatoms. The number of hydrogen-bond acceptors (Lipinski definition) is 4. The van der Waals surface area contributed by atoms with Crippen LogP contribution < -0.4 is 0 Å². The van der Waals surface area contributed by atoms with Crippen LogP contribution in [0.1, 0.15) is 5.56 Å². The molecule has 3 aromatic rings. The minimum absolute atomic E-state index is 0.111. The van der Waals surface area contributed by atoms with Gasteiger partial charge in [-0.1, -0.05) is 11.6 Å². The van der Waals surface area contributed by atoms with Crippen molar-refractivity contribution in [1.29, 1.82) is 5.26 Å². The molecule has 0 aliphatic carbocycles. The summed E-state index contributed by atoms with van der Waals surface area (Å²) in [5.74, 6) is -0.558. The van der Waals surface area contributed by atoms with Crippen LogP contribution in [-0.2, 0) is 0 Å². The van der Waals surface area contributed by atoms with E-state index in [9.17, 15) is 4.39 Å². The maximum absolute atomic E-state index is 13.5. The SMILES string of the molecule is N#Cc1ccc(-n2ncc3cnc(Cl)cc32)nc1F. The Morgan fingerprint density at radius 1 is 1.32 bits per heavy atom. The molecular weight excluding hydrogens is 269 g/mol. The fourth-order valence-electron chi connectivity index (χ4n) is 1.70. The first-order valence-electron chi connectivity index (χ1n) is 5.25. The van der Waals surface area contributed by atoms with Gasteiger partial charge in [0.25, 0.3) is 0 Å². The van der Waals surface area contributed by atoms with Gasteiger partial charge in [0, 0.05) is 17.6 Å². The second-order valence-electron chi connectivity index (χ2n) is 3.74. The standard InChI is InChI=1S/C12H5ClFN5/c13-10-3-9-8(5-16-10)6-17-19(9)11-2-1-7(4-15)12(14)18-11/h1-3,5-6H. The predicted molar refractivity (Wildman–Crippen MR) is 66.3 cm³/mol. The Bertz CT molecular complexity index is 821. The van der Waals surface area contributed by atoms with Gasteiger partial charge < -0.3 is 0 Å². The summed E-state index contributed by atoms with van der Waals surface area (Å²) in [6.45, 7) is 0. The van der Waals surface area contributed by atoms with Crippen LogP contribution in [0.2, 0.25) is 5.15 Å². The molecule has 0 aromatic carbocycles. The van der Waals surface area contributed by atoms with Gasteiger partial charge in [-0.15, -0.1) is 0 Å². The Balaban J connectivity index is 2.22. The van der Waals surface area contributed by atoms with Crippen molar-refractivity contribution >= 4 is 22.5 Å². The molecule has 0 saturated heterocycles. The van der Waals surface area contributed by atoms with Crippen LogP contribution in [0.5, 0.6) is 0 Å². The first-order chi connectivity index (χ1) is 9.19. The number of hydrogen-bond donors (Lipinski definition) is 0. The Labute approximate surface area is 111 Å². The van der Waals surface area contributed by atoms with Gasteiger partial charge in [0.1, 0.15) is 16.8 Å². The molecule has 0 unspecified atom stereocenters. The third-order valence-electron chi connectivity index (χ3n) is 2.59. The van der Waals surface area contributed by atoms with Crippen molar-refractivity contribution in [3.05, 3.63) is 47.3 Å². The fourth-order valence-corrected chi connectivity index (χ4v) is 1.86. The molecule has 0 radical (unpaired) electrons. The summed E-state index contributed by atoms with van der Waals surface area (Å²) in [4.78, 5) is 7.65. The average Bonchev–Trinajstić information content (AvgIpc) is 2.81. The van der Waals surface area contributed by atoms with Crippen LogP contribution in [-0.4, -0.2) is 19.7 Å². The van der Waals surface area contributed by atoms with Crippen molar-refractivity contribution < 1.29 is 4.39 Å². The second-order valence-corrected chi connectivity index (χ2v) is 4.13. The van der Waals surface area contributed by atoms with Gasteiger partial charge in [0.15, 0.2) is 5.82 Å². The van der Waals surface area contributed by atoms with Gasteiger partial charge >= 0.3 is 0 Å². The van der Waals surface area contributed by atoms with E-state index in [1.807, 2.05) is 0 Å². The summed E-state index contributed by atoms with van der Waals surface area (Å²) in [5.41, 5.74) is 0.552. The lowest BCUT2D eigenvalue weighted by Gasteiger charge is -2.03. The van der Waals surface area contributed by atoms with E-state index >= 15 is 0 Å². The van der Waals surface area contributed by atoms with Gasteiger partial charge in [0.05, 0.1) is 11.7 Å². The monoisotopic (exact) mass is 273 g/mol. The van der Waals surface area contributed by atoms with Crippen LogP contribution in [0.25, 0.3) is 16.7 Å². The van der Waals surface area contributed by atoms with Gasteiger partial charge in [0.2, 0.25) is 5.95 Å². The van der Waals surface area contributed by atoms with Crippen LogP contribution >= 0.6 is 11.6 Å². The first-order valence-corrected chi connectivity index (χ1v) is 5.63. The first kappa shape index (κ1) is 11.6. The van der Waals surface area contributed by atoms with E-state index in [0.717, 1.165) is 5.39 Å². The number of rotatable bonds is 1. The zero-order valence-corrected chi connectivity index (χ0v) is 10.1. The molecule has 0 atom stereocenters. The zero-order valence-electron chi connectivity index (χ0n) is 9.38. The number of halogens is 2. The van der Waals surface area contributed by atoms with Crippen molar-refractivity contribution in [1.82, 2.24) is 19.7 Å². The van der Waals surface area contributed by atoms with Crippen LogP contribution in [0.4, 0.5) is 4.39 Å². The smallest absolute Gasteiger partial charge is 0.232 e. The quantitative estimate of drug-likeness (QED) is 0.639. The molecule has 19 heavy (non-hydrogen) atoms. The van der Waals surface area contributed by atoms with Crippen molar-refractivity contribution in [2.24, 2.45) is 0 Å². The van der Waals surface area contributed by atoms with Crippen molar-refractivity contribution in [2.75, 3.05) is 0 Å². The van der Waals surface area contributed by atoms with Gasteiger partial charge in [-0.25, -0.2) is 9.67 Å². The fraction of sp³-hybridized carbons (Fsp3) is 0. The summed E-state index contributed by atoms with van der Waals surface area (Å²) in [5, 5.41) is 13.8. The van der Waals surface area contributed by atoms with Crippen molar-refractivity contribution in [3.8, 4) is 11.9 Å². The Kier molecular flexibility index (Phi) is 2.62. The zero-order chi connectivity index (χ0) is 13.4. The molecule has 0 spiro atoms. The maximum Gasteiger partial charge on any atom is 0.232 e. The topological polar surface area (TPSA) is 67.4 Å². The van der Waals surface area contributed by atoms with Crippen LogP contribution in [0, 0.1) is 17.3 Å². The third kappa shape index (κ3) is 1.90. The highest BCUT2D eigenvalue weighted by atomic mass is 35.5. The second kappa shape index (κ2) is 4.30. The number of nitrogens with zero attached hydrogens (tertiary/aromatic N) is 5. The Morgan fingerprint density at radius 2 is 2.16 bits per heavy atom. The minimum atomic E-state index is -0.830. The molecule has 0 amide bonds. The Morgan fingerprint density at radius 3 is 2.89 bits per heavy atom. The third-order valence-corrected chi connectivity index (χ3v) is 2.80. The lowest BCUT2D eigenvalue weighted by Crippen LogP contribution is -2.02. The summed E-state index contributed by atoms with van der Waals surface area (Å²) >= 11 is 5.82. The molecule has 0 fully saturated rings. The molecule has 3 heterocycles. The van der Waals surface area contributed by atoms with E-state index in [2.05, 4.69) is 15.1 Å². The molecule has 0 aliphatic heterocycles. The highest BCUT2D eigenvalue weighted by Gasteiger charge is 2.10. The molecule has 0 bridgehead atoms. The number of fused-ring (bicyclic) bond motifs is 1.